The highest BCUT2D eigenvalue weighted by molar-refractivity contribution is 7.11. The number of benzene rings is 1. The summed E-state index contributed by atoms with van der Waals surface area (Å²) in [6, 6.07) is 12.9. The Labute approximate surface area is 148 Å². The Kier molecular flexibility index (Phi) is 4.92. The molecule has 0 radical (unpaired) electrons. The lowest BCUT2D eigenvalue weighted by molar-refractivity contribution is -0.114. The van der Waals surface area contributed by atoms with Gasteiger partial charge in [0.1, 0.15) is 22.3 Å². The van der Waals surface area contributed by atoms with Crippen LogP contribution in [-0.4, -0.2) is 10.9 Å². The molecule has 0 aliphatic heterocycles. The van der Waals surface area contributed by atoms with Gasteiger partial charge in [-0.3, -0.25) is 4.79 Å². The number of hydrogen-bond donors (Lipinski definition) is 2. The third kappa shape index (κ3) is 4.13. The Bertz CT molecular complexity index is 934. The van der Waals surface area contributed by atoms with E-state index in [1.165, 1.54) is 18.3 Å². The number of aromatic nitrogens is 1. The first kappa shape index (κ1) is 16.5. The molecule has 0 saturated heterocycles. The minimum atomic E-state index is -0.122. The molecule has 3 aromatic rings. The number of rotatable bonds is 5. The quantitative estimate of drug-likeness (QED) is 0.668. The molecule has 0 atom stereocenters. The molecule has 1 amide bonds. The molecule has 0 spiro atoms. The van der Waals surface area contributed by atoms with Crippen LogP contribution in [0.5, 0.6) is 0 Å². The smallest absolute Gasteiger partial charge is 0.221 e. The van der Waals surface area contributed by atoms with Gasteiger partial charge in [0.05, 0.1) is 6.26 Å². The molecular weight excluding hydrogens is 336 g/mol. The second kappa shape index (κ2) is 7.47. The first-order valence-corrected chi connectivity index (χ1v) is 8.28. The van der Waals surface area contributed by atoms with E-state index in [2.05, 4.69) is 21.7 Å². The maximum absolute atomic E-state index is 11.0. The van der Waals surface area contributed by atoms with E-state index in [-0.39, 0.29) is 5.91 Å². The fourth-order valence-corrected chi connectivity index (χ4v) is 2.86. The van der Waals surface area contributed by atoms with Crippen LogP contribution in [0, 0.1) is 11.3 Å². The topological polar surface area (TPSA) is 91.0 Å². The SMILES string of the molecule is CC(=O)Nc1ccc(NC=C(C#N)c2nc(-c3ccco3)cs2)cc1. The van der Waals surface area contributed by atoms with Crippen LogP contribution in [0.15, 0.2) is 58.7 Å². The van der Waals surface area contributed by atoms with Crippen LogP contribution in [0.1, 0.15) is 11.9 Å². The molecule has 0 saturated carbocycles. The minimum Gasteiger partial charge on any atom is -0.463 e. The summed E-state index contributed by atoms with van der Waals surface area (Å²) in [4.78, 5) is 15.4. The summed E-state index contributed by atoms with van der Waals surface area (Å²) in [6.07, 6.45) is 3.19. The van der Waals surface area contributed by atoms with Crippen LogP contribution in [-0.2, 0) is 4.79 Å². The molecule has 3 rings (SSSR count). The molecule has 124 valence electrons. The van der Waals surface area contributed by atoms with Gasteiger partial charge in [0.15, 0.2) is 5.76 Å². The number of anilines is 2. The number of nitrogens with one attached hydrogen (secondary N) is 2. The van der Waals surface area contributed by atoms with Crippen molar-refractivity contribution in [2.75, 3.05) is 10.6 Å². The zero-order chi connectivity index (χ0) is 17.6. The van der Waals surface area contributed by atoms with E-state index in [0.717, 1.165) is 5.69 Å². The lowest BCUT2D eigenvalue weighted by Gasteiger charge is -2.04. The molecule has 0 aliphatic carbocycles. The Morgan fingerprint density at radius 1 is 1.28 bits per heavy atom. The highest BCUT2D eigenvalue weighted by atomic mass is 32.1. The first-order valence-electron chi connectivity index (χ1n) is 7.40. The van der Waals surface area contributed by atoms with Crippen molar-refractivity contribution in [1.82, 2.24) is 4.98 Å². The van der Waals surface area contributed by atoms with E-state index in [1.54, 1.807) is 30.7 Å². The number of carbonyl (C=O) groups is 1. The lowest BCUT2D eigenvalue weighted by atomic mass is 10.2. The number of furan rings is 1. The maximum atomic E-state index is 11.0. The number of nitriles is 1. The molecule has 0 unspecified atom stereocenters. The Morgan fingerprint density at radius 3 is 2.68 bits per heavy atom. The Balaban J connectivity index is 1.73. The average Bonchev–Trinajstić information content (AvgIpc) is 3.28. The Morgan fingerprint density at radius 2 is 2.04 bits per heavy atom. The largest absolute Gasteiger partial charge is 0.463 e. The predicted molar refractivity (Wildman–Crippen MR) is 97.8 cm³/mol. The monoisotopic (exact) mass is 350 g/mol. The second-order valence-corrected chi connectivity index (χ2v) is 5.95. The predicted octanol–water partition coefficient (Wildman–Crippen LogP) is 4.34. The fraction of sp³-hybridized carbons (Fsp3) is 0.0556. The van der Waals surface area contributed by atoms with Crippen molar-refractivity contribution in [3.63, 3.8) is 0 Å². The van der Waals surface area contributed by atoms with Crippen molar-refractivity contribution in [3.8, 4) is 17.5 Å². The van der Waals surface area contributed by atoms with Crippen LogP contribution >= 0.6 is 11.3 Å². The summed E-state index contributed by atoms with van der Waals surface area (Å²) in [5.41, 5.74) is 2.63. The summed E-state index contributed by atoms with van der Waals surface area (Å²) < 4.78 is 5.31. The normalized spacial score (nSPS) is 11.0. The number of amides is 1. The minimum absolute atomic E-state index is 0.122. The molecule has 0 bridgehead atoms. The van der Waals surface area contributed by atoms with Crippen molar-refractivity contribution in [2.24, 2.45) is 0 Å². The summed E-state index contributed by atoms with van der Waals surface area (Å²) in [5.74, 6) is 0.546. The number of thiazole rings is 1. The molecule has 25 heavy (non-hydrogen) atoms. The summed E-state index contributed by atoms with van der Waals surface area (Å²) >= 11 is 1.38. The van der Waals surface area contributed by atoms with E-state index in [0.29, 0.717) is 27.7 Å². The third-order valence-electron chi connectivity index (χ3n) is 3.22. The zero-order valence-corrected chi connectivity index (χ0v) is 14.1. The van der Waals surface area contributed by atoms with Gasteiger partial charge in [0.25, 0.3) is 0 Å². The van der Waals surface area contributed by atoms with Gasteiger partial charge >= 0.3 is 0 Å². The lowest BCUT2D eigenvalue weighted by Crippen LogP contribution is -2.05. The van der Waals surface area contributed by atoms with Crippen LogP contribution in [0.3, 0.4) is 0 Å². The van der Waals surface area contributed by atoms with E-state index in [9.17, 15) is 10.1 Å². The van der Waals surface area contributed by atoms with Gasteiger partial charge in [0.2, 0.25) is 5.91 Å². The van der Waals surface area contributed by atoms with Gasteiger partial charge in [-0.05, 0) is 36.4 Å². The van der Waals surface area contributed by atoms with Crippen molar-refractivity contribution in [1.29, 1.82) is 5.26 Å². The number of nitrogens with zero attached hydrogens (tertiary/aromatic N) is 2. The summed E-state index contributed by atoms with van der Waals surface area (Å²) in [6.45, 7) is 1.46. The highest BCUT2D eigenvalue weighted by Crippen LogP contribution is 2.26. The van der Waals surface area contributed by atoms with Gasteiger partial charge in [-0.15, -0.1) is 11.3 Å². The van der Waals surface area contributed by atoms with Crippen molar-refractivity contribution in [2.45, 2.75) is 6.92 Å². The van der Waals surface area contributed by atoms with Crippen molar-refractivity contribution < 1.29 is 9.21 Å². The van der Waals surface area contributed by atoms with Gasteiger partial charge in [-0.25, -0.2) is 4.98 Å². The standard InChI is InChI=1S/C18H14N4O2S/c1-12(23)21-15-6-4-14(5-7-15)20-10-13(9-19)18-22-16(11-25-18)17-3-2-8-24-17/h2-8,10-11,20H,1H3,(H,21,23). The van der Waals surface area contributed by atoms with Gasteiger partial charge in [-0.2, -0.15) is 5.26 Å². The molecule has 0 fully saturated rings. The van der Waals surface area contributed by atoms with Gasteiger partial charge < -0.3 is 15.1 Å². The summed E-state index contributed by atoms with van der Waals surface area (Å²) in [5, 5.41) is 17.6. The zero-order valence-electron chi connectivity index (χ0n) is 13.3. The molecule has 1 aromatic carbocycles. The molecule has 2 heterocycles. The van der Waals surface area contributed by atoms with Gasteiger partial charge in [-0.1, -0.05) is 0 Å². The maximum Gasteiger partial charge on any atom is 0.221 e. The van der Waals surface area contributed by atoms with E-state index < -0.39 is 0 Å². The number of carbonyl (C=O) groups excluding carboxylic acids is 1. The van der Waals surface area contributed by atoms with Crippen LogP contribution in [0.2, 0.25) is 0 Å². The molecule has 2 N–H and O–H groups in total. The highest BCUT2D eigenvalue weighted by Gasteiger charge is 2.10. The number of allylic oxidation sites excluding steroid dienone is 1. The molecule has 6 nitrogen and oxygen atoms in total. The molecule has 2 aromatic heterocycles. The third-order valence-corrected chi connectivity index (χ3v) is 4.09. The first-order chi connectivity index (χ1) is 12.2. The Hall–Kier alpha value is -3.37. The second-order valence-electron chi connectivity index (χ2n) is 5.09. The van der Waals surface area contributed by atoms with E-state index in [1.807, 2.05) is 23.6 Å². The number of hydrogen-bond acceptors (Lipinski definition) is 6. The van der Waals surface area contributed by atoms with Crippen LogP contribution in [0.4, 0.5) is 11.4 Å². The van der Waals surface area contributed by atoms with E-state index in [4.69, 9.17) is 4.42 Å². The van der Waals surface area contributed by atoms with Crippen LogP contribution < -0.4 is 10.6 Å². The van der Waals surface area contributed by atoms with Crippen LogP contribution in [0.25, 0.3) is 17.0 Å². The molecule has 0 aliphatic rings. The average molecular weight is 350 g/mol. The molecule has 7 heteroatoms. The fourth-order valence-electron chi connectivity index (χ4n) is 2.09. The van der Waals surface area contributed by atoms with E-state index >= 15 is 0 Å². The molecular formula is C18H14N4O2S. The summed E-state index contributed by atoms with van der Waals surface area (Å²) in [7, 11) is 0. The van der Waals surface area contributed by atoms with Crippen molar-refractivity contribution >= 4 is 34.2 Å². The van der Waals surface area contributed by atoms with Crippen molar-refractivity contribution in [3.05, 3.63) is 59.2 Å². The van der Waals surface area contributed by atoms with Gasteiger partial charge in [0, 0.05) is 29.9 Å².